The second-order valence-electron chi connectivity index (χ2n) is 6.29. The summed E-state index contributed by atoms with van der Waals surface area (Å²) >= 11 is 0. The van der Waals surface area contributed by atoms with Gasteiger partial charge in [0.05, 0.1) is 13.2 Å². The van der Waals surface area contributed by atoms with Crippen LogP contribution in [0.1, 0.15) is 90.4 Å². The van der Waals surface area contributed by atoms with Gasteiger partial charge in [0.2, 0.25) is 0 Å². The van der Waals surface area contributed by atoms with Gasteiger partial charge >= 0.3 is 5.97 Å². The second-order valence-corrected chi connectivity index (χ2v) is 6.29. The third-order valence-corrected chi connectivity index (χ3v) is 4.24. The van der Waals surface area contributed by atoms with Crippen molar-refractivity contribution in [1.82, 2.24) is 0 Å². The number of aliphatic hydroxyl groups excluding tert-OH is 1. The molecule has 0 saturated carbocycles. The standard InChI is InChI=1S/C18H37NO3/c1-3-4-5-6-7-8-9-10-11-12-13-14-15-16(20)17(19)18(21)22-2/h16-17,20H,3-15,19H2,1-2H3/t16-,17+/m1/s1. The lowest BCUT2D eigenvalue weighted by Gasteiger charge is -2.16. The Labute approximate surface area is 136 Å². The zero-order chi connectivity index (χ0) is 16.6. The van der Waals surface area contributed by atoms with Gasteiger partial charge in [0.1, 0.15) is 6.04 Å². The minimum absolute atomic E-state index is 0.536. The van der Waals surface area contributed by atoms with Crippen molar-refractivity contribution in [2.24, 2.45) is 5.73 Å². The summed E-state index contributed by atoms with van der Waals surface area (Å²) in [4.78, 5) is 11.2. The molecule has 0 aliphatic rings. The smallest absolute Gasteiger partial charge is 0.325 e. The summed E-state index contributed by atoms with van der Waals surface area (Å²) in [5.74, 6) is -0.536. The maximum atomic E-state index is 11.2. The maximum Gasteiger partial charge on any atom is 0.325 e. The van der Waals surface area contributed by atoms with Crippen molar-refractivity contribution in [3.63, 3.8) is 0 Å². The summed E-state index contributed by atoms with van der Waals surface area (Å²) in [7, 11) is 1.29. The van der Waals surface area contributed by atoms with Gasteiger partial charge in [-0.2, -0.15) is 0 Å². The molecule has 0 rings (SSSR count). The van der Waals surface area contributed by atoms with Crippen LogP contribution in [0.5, 0.6) is 0 Å². The normalized spacial score (nSPS) is 13.8. The van der Waals surface area contributed by atoms with E-state index >= 15 is 0 Å². The number of hydrogen-bond acceptors (Lipinski definition) is 4. The number of esters is 1. The van der Waals surface area contributed by atoms with E-state index in [1.54, 1.807) is 0 Å². The Kier molecular flexibility index (Phi) is 14.9. The molecule has 22 heavy (non-hydrogen) atoms. The van der Waals surface area contributed by atoms with Crippen LogP contribution < -0.4 is 5.73 Å². The number of methoxy groups -OCH3 is 1. The molecule has 0 aromatic heterocycles. The Morgan fingerprint density at radius 1 is 0.909 bits per heavy atom. The lowest BCUT2D eigenvalue weighted by Crippen LogP contribution is -2.42. The molecular formula is C18H37NO3. The first-order chi connectivity index (χ1) is 10.6. The molecule has 0 aromatic rings. The zero-order valence-electron chi connectivity index (χ0n) is 14.7. The summed E-state index contributed by atoms with van der Waals surface area (Å²) in [6.45, 7) is 2.25. The molecule has 0 fully saturated rings. The minimum atomic E-state index is -0.905. The molecular weight excluding hydrogens is 278 g/mol. The third-order valence-electron chi connectivity index (χ3n) is 4.24. The van der Waals surface area contributed by atoms with E-state index in [9.17, 15) is 9.90 Å². The first kappa shape index (κ1) is 21.4. The average molecular weight is 315 g/mol. The van der Waals surface area contributed by atoms with Gasteiger partial charge in [-0.1, -0.05) is 84.0 Å². The fourth-order valence-corrected chi connectivity index (χ4v) is 2.67. The quantitative estimate of drug-likeness (QED) is 0.355. The molecule has 3 N–H and O–H groups in total. The number of nitrogens with two attached hydrogens (primary N) is 1. The summed E-state index contributed by atoms with van der Waals surface area (Å²) in [5, 5.41) is 9.75. The van der Waals surface area contributed by atoms with Gasteiger partial charge < -0.3 is 15.6 Å². The van der Waals surface area contributed by atoms with E-state index in [4.69, 9.17) is 5.73 Å². The Balaban J connectivity index is 3.28. The predicted octanol–water partition coefficient (Wildman–Crippen LogP) is 3.94. The number of carbonyl (C=O) groups is 1. The van der Waals surface area contributed by atoms with Gasteiger partial charge in [-0.05, 0) is 6.42 Å². The van der Waals surface area contributed by atoms with Gasteiger partial charge in [0, 0.05) is 0 Å². The second kappa shape index (κ2) is 15.3. The van der Waals surface area contributed by atoms with E-state index in [0.717, 1.165) is 12.8 Å². The monoisotopic (exact) mass is 315 g/mol. The van der Waals surface area contributed by atoms with Gasteiger partial charge in [-0.15, -0.1) is 0 Å². The van der Waals surface area contributed by atoms with E-state index < -0.39 is 18.1 Å². The van der Waals surface area contributed by atoms with Crippen molar-refractivity contribution in [3.05, 3.63) is 0 Å². The average Bonchev–Trinajstić information content (AvgIpc) is 2.54. The van der Waals surface area contributed by atoms with Crippen LogP contribution in [0.2, 0.25) is 0 Å². The summed E-state index contributed by atoms with van der Waals surface area (Å²) in [6, 6.07) is -0.905. The van der Waals surface area contributed by atoms with Crippen molar-refractivity contribution in [3.8, 4) is 0 Å². The Hall–Kier alpha value is -0.610. The van der Waals surface area contributed by atoms with Crippen LogP contribution in [0.15, 0.2) is 0 Å². The van der Waals surface area contributed by atoms with Crippen LogP contribution in [-0.2, 0) is 9.53 Å². The van der Waals surface area contributed by atoms with Crippen LogP contribution in [-0.4, -0.2) is 30.3 Å². The minimum Gasteiger partial charge on any atom is -0.468 e. The predicted molar refractivity (Wildman–Crippen MR) is 91.7 cm³/mol. The molecule has 0 amide bonds. The van der Waals surface area contributed by atoms with Crippen LogP contribution in [0, 0.1) is 0 Å². The van der Waals surface area contributed by atoms with Crippen LogP contribution >= 0.6 is 0 Å². The first-order valence-corrected chi connectivity index (χ1v) is 9.15. The highest BCUT2D eigenvalue weighted by Gasteiger charge is 2.22. The highest BCUT2D eigenvalue weighted by molar-refractivity contribution is 5.75. The molecule has 4 nitrogen and oxygen atoms in total. The van der Waals surface area contributed by atoms with Crippen molar-refractivity contribution in [2.75, 3.05) is 7.11 Å². The molecule has 0 unspecified atom stereocenters. The number of carbonyl (C=O) groups excluding carboxylic acids is 1. The van der Waals surface area contributed by atoms with E-state index in [-0.39, 0.29) is 0 Å². The van der Waals surface area contributed by atoms with E-state index in [0.29, 0.717) is 6.42 Å². The van der Waals surface area contributed by atoms with E-state index in [1.807, 2.05) is 0 Å². The largest absolute Gasteiger partial charge is 0.468 e. The summed E-state index contributed by atoms with van der Waals surface area (Å²) < 4.78 is 4.52. The Morgan fingerprint density at radius 2 is 1.32 bits per heavy atom. The number of unbranched alkanes of at least 4 members (excludes halogenated alkanes) is 11. The number of hydrogen-bond donors (Lipinski definition) is 2. The molecule has 0 radical (unpaired) electrons. The number of aliphatic hydroxyl groups is 1. The van der Waals surface area contributed by atoms with Gasteiger partial charge in [-0.3, -0.25) is 4.79 Å². The molecule has 2 atom stereocenters. The van der Waals surface area contributed by atoms with Gasteiger partial charge in [0.25, 0.3) is 0 Å². The van der Waals surface area contributed by atoms with Gasteiger partial charge in [0.15, 0.2) is 0 Å². The van der Waals surface area contributed by atoms with Crippen molar-refractivity contribution < 1.29 is 14.6 Å². The molecule has 0 spiro atoms. The molecule has 132 valence electrons. The van der Waals surface area contributed by atoms with Crippen LogP contribution in [0.4, 0.5) is 0 Å². The molecule has 0 saturated heterocycles. The number of rotatable bonds is 15. The fourth-order valence-electron chi connectivity index (χ4n) is 2.67. The SMILES string of the molecule is CCCCCCCCCCCCCC[C@@H](O)[C@H](N)C(=O)OC. The third kappa shape index (κ3) is 12.0. The first-order valence-electron chi connectivity index (χ1n) is 9.15. The molecule has 0 aliphatic carbocycles. The maximum absolute atomic E-state index is 11.2. The molecule has 0 aliphatic heterocycles. The highest BCUT2D eigenvalue weighted by atomic mass is 16.5. The topological polar surface area (TPSA) is 72.5 Å². The molecule has 0 bridgehead atoms. The van der Waals surface area contributed by atoms with Crippen molar-refractivity contribution in [2.45, 2.75) is 103 Å². The van der Waals surface area contributed by atoms with E-state index in [1.165, 1.54) is 71.3 Å². The zero-order valence-corrected chi connectivity index (χ0v) is 14.7. The lowest BCUT2D eigenvalue weighted by molar-refractivity contribution is -0.145. The van der Waals surface area contributed by atoms with E-state index in [2.05, 4.69) is 11.7 Å². The summed E-state index contributed by atoms with van der Waals surface area (Å²) in [6.07, 6.45) is 15.2. The van der Waals surface area contributed by atoms with Crippen molar-refractivity contribution in [1.29, 1.82) is 0 Å². The van der Waals surface area contributed by atoms with Gasteiger partial charge in [-0.25, -0.2) is 0 Å². The molecule has 0 heterocycles. The number of ether oxygens (including phenoxy) is 1. The fraction of sp³-hybridized carbons (Fsp3) is 0.944. The molecule has 0 aromatic carbocycles. The van der Waals surface area contributed by atoms with Crippen LogP contribution in [0.3, 0.4) is 0 Å². The Morgan fingerprint density at radius 3 is 1.73 bits per heavy atom. The highest BCUT2D eigenvalue weighted by Crippen LogP contribution is 2.13. The van der Waals surface area contributed by atoms with Crippen LogP contribution in [0.25, 0.3) is 0 Å². The van der Waals surface area contributed by atoms with Crippen molar-refractivity contribution >= 4 is 5.97 Å². The molecule has 4 heteroatoms. The summed E-state index contributed by atoms with van der Waals surface area (Å²) in [5.41, 5.74) is 5.59. The Bertz CT molecular complexity index is 259. The lowest BCUT2D eigenvalue weighted by atomic mass is 10.0.